The summed E-state index contributed by atoms with van der Waals surface area (Å²) in [6.07, 6.45) is 0. The molecule has 0 radical (unpaired) electrons. The number of morpholine rings is 1. The van der Waals surface area contributed by atoms with Crippen LogP contribution in [0.1, 0.15) is 27.5 Å². The van der Waals surface area contributed by atoms with E-state index < -0.39 is 0 Å². The van der Waals surface area contributed by atoms with Gasteiger partial charge in [0.05, 0.1) is 25.3 Å². The maximum Gasteiger partial charge on any atom is 0.181 e. The Hall–Kier alpha value is -2.79. The Morgan fingerprint density at radius 3 is 2.03 bits per heavy atom. The molecule has 1 heterocycles. The fourth-order valence-electron chi connectivity index (χ4n) is 4.43. The van der Waals surface area contributed by atoms with E-state index >= 15 is 0 Å². The Kier molecular flexibility index (Phi) is 7.26. The molecule has 0 saturated carbocycles. The first-order valence-corrected chi connectivity index (χ1v) is 10.9. The molecule has 3 aromatic rings. The lowest BCUT2D eigenvalue weighted by Crippen LogP contribution is -2.51. The first-order chi connectivity index (χ1) is 15.2. The Morgan fingerprint density at radius 2 is 1.42 bits per heavy atom. The molecule has 0 N–H and O–H groups in total. The van der Waals surface area contributed by atoms with Gasteiger partial charge in [-0.3, -0.25) is 14.6 Å². The van der Waals surface area contributed by atoms with Crippen LogP contribution in [-0.2, 0) is 11.3 Å². The van der Waals surface area contributed by atoms with Crippen LogP contribution in [0.5, 0.6) is 0 Å². The highest BCUT2D eigenvalue weighted by atomic mass is 16.5. The van der Waals surface area contributed by atoms with Crippen molar-refractivity contribution in [3.8, 4) is 0 Å². The standard InChI is InChI=1S/C27H30N2O2/c1-28(21-22-11-5-2-6-12-22)26(27(30)24-15-9-4-10-16-24)25(23-13-7-3-8-14-23)29-17-19-31-20-18-29/h2-16,25-26H,17-21H2,1H3. The summed E-state index contributed by atoms with van der Waals surface area (Å²) >= 11 is 0. The summed E-state index contributed by atoms with van der Waals surface area (Å²) in [6.45, 7) is 3.72. The molecule has 0 aromatic heterocycles. The monoisotopic (exact) mass is 414 g/mol. The van der Waals surface area contributed by atoms with Crippen molar-refractivity contribution in [2.45, 2.75) is 18.6 Å². The molecule has 4 heteroatoms. The maximum absolute atomic E-state index is 13.9. The van der Waals surface area contributed by atoms with Crippen molar-refractivity contribution < 1.29 is 9.53 Å². The minimum Gasteiger partial charge on any atom is -0.379 e. The van der Waals surface area contributed by atoms with Gasteiger partial charge in [-0.2, -0.15) is 0 Å². The van der Waals surface area contributed by atoms with E-state index in [9.17, 15) is 4.79 Å². The van der Waals surface area contributed by atoms with Gasteiger partial charge in [0, 0.05) is 25.2 Å². The topological polar surface area (TPSA) is 32.8 Å². The van der Waals surface area contributed by atoms with Gasteiger partial charge >= 0.3 is 0 Å². The molecular weight excluding hydrogens is 384 g/mol. The van der Waals surface area contributed by atoms with E-state index in [2.05, 4.69) is 53.2 Å². The highest BCUT2D eigenvalue weighted by molar-refractivity contribution is 6.00. The van der Waals surface area contributed by atoms with Crippen LogP contribution >= 0.6 is 0 Å². The molecule has 0 spiro atoms. The fraction of sp³-hybridized carbons (Fsp3) is 0.296. The quantitative estimate of drug-likeness (QED) is 0.510. The third-order valence-electron chi connectivity index (χ3n) is 5.96. The number of hydrogen-bond acceptors (Lipinski definition) is 4. The second-order valence-electron chi connectivity index (χ2n) is 8.08. The lowest BCUT2D eigenvalue weighted by atomic mass is 9.89. The summed E-state index contributed by atoms with van der Waals surface area (Å²) in [5.74, 6) is 0.152. The van der Waals surface area contributed by atoms with Crippen molar-refractivity contribution in [3.05, 3.63) is 108 Å². The third-order valence-corrected chi connectivity index (χ3v) is 5.96. The van der Waals surface area contributed by atoms with Gasteiger partial charge in [-0.05, 0) is 18.2 Å². The summed E-state index contributed by atoms with van der Waals surface area (Å²) in [7, 11) is 2.06. The number of benzene rings is 3. The summed E-state index contributed by atoms with van der Waals surface area (Å²) < 4.78 is 5.63. The first-order valence-electron chi connectivity index (χ1n) is 10.9. The molecule has 4 rings (SSSR count). The minimum atomic E-state index is -0.317. The van der Waals surface area contributed by atoms with Crippen molar-refractivity contribution in [2.24, 2.45) is 0 Å². The smallest absolute Gasteiger partial charge is 0.181 e. The second kappa shape index (κ2) is 10.5. The number of nitrogens with zero attached hydrogens (tertiary/aromatic N) is 2. The molecule has 160 valence electrons. The molecule has 0 aliphatic carbocycles. The number of rotatable bonds is 8. The second-order valence-corrected chi connectivity index (χ2v) is 8.08. The van der Waals surface area contributed by atoms with Gasteiger partial charge in [0.15, 0.2) is 5.78 Å². The predicted octanol–water partition coefficient (Wildman–Crippen LogP) is 4.44. The largest absolute Gasteiger partial charge is 0.379 e. The molecule has 3 aromatic carbocycles. The maximum atomic E-state index is 13.9. The van der Waals surface area contributed by atoms with Crippen LogP contribution < -0.4 is 0 Å². The van der Waals surface area contributed by atoms with Crippen molar-refractivity contribution in [2.75, 3.05) is 33.4 Å². The van der Waals surface area contributed by atoms with E-state index in [0.29, 0.717) is 19.8 Å². The van der Waals surface area contributed by atoms with Crippen LogP contribution in [0, 0.1) is 0 Å². The molecule has 4 nitrogen and oxygen atoms in total. The lowest BCUT2D eigenvalue weighted by molar-refractivity contribution is -0.00522. The van der Waals surface area contributed by atoms with Crippen LogP contribution in [0.2, 0.25) is 0 Å². The van der Waals surface area contributed by atoms with E-state index in [1.54, 1.807) is 0 Å². The number of likely N-dealkylation sites (N-methyl/N-ethyl adjacent to an activating group) is 1. The zero-order valence-electron chi connectivity index (χ0n) is 18.1. The molecule has 1 aliphatic heterocycles. The fourth-order valence-corrected chi connectivity index (χ4v) is 4.43. The number of ketones is 1. The molecule has 1 aliphatic rings. The van der Waals surface area contributed by atoms with Crippen LogP contribution in [0.25, 0.3) is 0 Å². The molecule has 2 atom stereocenters. The van der Waals surface area contributed by atoms with Crippen LogP contribution in [0.15, 0.2) is 91.0 Å². The van der Waals surface area contributed by atoms with E-state index in [4.69, 9.17) is 4.74 Å². The van der Waals surface area contributed by atoms with E-state index in [1.165, 1.54) is 11.1 Å². The van der Waals surface area contributed by atoms with Gasteiger partial charge < -0.3 is 4.74 Å². The summed E-state index contributed by atoms with van der Waals surface area (Å²) in [6, 6.07) is 30.1. The van der Waals surface area contributed by atoms with Crippen molar-refractivity contribution >= 4 is 5.78 Å². The van der Waals surface area contributed by atoms with E-state index in [-0.39, 0.29) is 17.9 Å². The van der Waals surface area contributed by atoms with Gasteiger partial charge in [-0.15, -0.1) is 0 Å². The Morgan fingerprint density at radius 1 is 0.871 bits per heavy atom. The van der Waals surface area contributed by atoms with E-state index in [1.807, 2.05) is 54.6 Å². The average molecular weight is 415 g/mol. The summed E-state index contributed by atoms with van der Waals surface area (Å²) in [5, 5.41) is 0. The Balaban J connectivity index is 1.74. The molecule has 1 fully saturated rings. The average Bonchev–Trinajstić information content (AvgIpc) is 2.84. The Bertz CT molecular complexity index is 941. The number of ether oxygens (including phenoxy) is 1. The number of carbonyl (C=O) groups is 1. The normalized spacial score (nSPS) is 16.7. The third kappa shape index (κ3) is 5.28. The van der Waals surface area contributed by atoms with Gasteiger partial charge in [0.25, 0.3) is 0 Å². The van der Waals surface area contributed by atoms with Crippen molar-refractivity contribution in [1.82, 2.24) is 9.80 Å². The van der Waals surface area contributed by atoms with Crippen LogP contribution in [0.4, 0.5) is 0 Å². The van der Waals surface area contributed by atoms with Crippen LogP contribution in [-0.4, -0.2) is 55.0 Å². The lowest BCUT2D eigenvalue weighted by Gasteiger charge is -2.42. The predicted molar refractivity (Wildman–Crippen MR) is 124 cm³/mol. The van der Waals surface area contributed by atoms with Crippen LogP contribution in [0.3, 0.4) is 0 Å². The zero-order valence-corrected chi connectivity index (χ0v) is 18.1. The number of hydrogen-bond donors (Lipinski definition) is 0. The zero-order chi connectivity index (χ0) is 21.5. The van der Waals surface area contributed by atoms with Gasteiger partial charge in [0.2, 0.25) is 0 Å². The highest BCUT2D eigenvalue weighted by Crippen LogP contribution is 2.31. The van der Waals surface area contributed by atoms with Gasteiger partial charge in [-0.1, -0.05) is 91.0 Å². The SMILES string of the molecule is CN(Cc1ccccc1)C(C(=O)c1ccccc1)C(c1ccccc1)N1CCOCC1. The van der Waals surface area contributed by atoms with Gasteiger partial charge in [-0.25, -0.2) is 0 Å². The Labute approximate surface area is 185 Å². The summed E-state index contributed by atoms with van der Waals surface area (Å²) in [5.41, 5.74) is 3.12. The van der Waals surface area contributed by atoms with Crippen molar-refractivity contribution in [1.29, 1.82) is 0 Å². The molecular formula is C27H30N2O2. The molecule has 31 heavy (non-hydrogen) atoms. The molecule has 0 amide bonds. The van der Waals surface area contributed by atoms with Crippen molar-refractivity contribution in [3.63, 3.8) is 0 Å². The first kappa shape index (κ1) is 21.4. The molecule has 2 unspecified atom stereocenters. The van der Waals surface area contributed by atoms with Gasteiger partial charge in [0.1, 0.15) is 0 Å². The summed E-state index contributed by atoms with van der Waals surface area (Å²) in [4.78, 5) is 18.5. The van der Waals surface area contributed by atoms with E-state index in [0.717, 1.165) is 18.7 Å². The minimum absolute atomic E-state index is 0.0495. The number of Topliss-reactive ketones (excluding diaryl/α,β-unsaturated/α-hetero) is 1. The highest BCUT2D eigenvalue weighted by Gasteiger charge is 2.37. The molecule has 1 saturated heterocycles. The molecule has 0 bridgehead atoms. The number of carbonyl (C=O) groups excluding carboxylic acids is 1.